The summed E-state index contributed by atoms with van der Waals surface area (Å²) < 4.78 is 55.2. The lowest BCUT2D eigenvalue weighted by molar-refractivity contribution is -0.385. The SMILES string of the molecule is O=[N+]([O-])c1cc2c(cc1/C=N/Nc1nc(Nc3cccc(C(F)(F)F)c3)nc(N3CCOCC3)n1)OCO2. The van der Waals surface area contributed by atoms with Crippen LogP contribution >= 0.6 is 0 Å². The molecule has 3 heterocycles. The number of rotatable bonds is 7. The van der Waals surface area contributed by atoms with Crippen LogP contribution in [0, 0.1) is 10.1 Å². The number of benzene rings is 2. The Morgan fingerprint density at radius 1 is 1.05 bits per heavy atom. The molecule has 3 aromatic rings. The van der Waals surface area contributed by atoms with Crippen LogP contribution in [0.4, 0.5) is 42.4 Å². The van der Waals surface area contributed by atoms with Crippen molar-refractivity contribution in [3.05, 3.63) is 57.6 Å². The standard InChI is InChI=1S/C22H19F3N8O5/c23-22(24,25)14-2-1-3-15(9-14)27-19-28-20(30-21(29-19)32-4-6-36-7-5-32)31-26-11-13-8-17-18(38-12-37-17)10-16(13)33(34)35/h1-3,8-11H,4-7,12H2,(H2,27,28,29,30,31)/b26-11+. The van der Waals surface area contributed by atoms with Crippen molar-refractivity contribution >= 4 is 35.4 Å². The number of nitrogens with zero attached hydrogens (tertiary/aromatic N) is 6. The smallest absolute Gasteiger partial charge is 0.416 e. The zero-order valence-corrected chi connectivity index (χ0v) is 19.4. The Morgan fingerprint density at radius 2 is 1.79 bits per heavy atom. The van der Waals surface area contributed by atoms with Gasteiger partial charge in [0.15, 0.2) is 11.5 Å². The third-order valence-corrected chi connectivity index (χ3v) is 5.45. The number of hydrogen-bond acceptors (Lipinski definition) is 12. The Labute approximate surface area is 212 Å². The van der Waals surface area contributed by atoms with Crippen LogP contribution in [0.3, 0.4) is 0 Å². The molecule has 0 amide bonds. The van der Waals surface area contributed by atoms with E-state index in [2.05, 4.69) is 30.8 Å². The van der Waals surface area contributed by atoms with E-state index in [9.17, 15) is 23.3 Å². The van der Waals surface area contributed by atoms with Gasteiger partial charge >= 0.3 is 6.18 Å². The topological polar surface area (TPSA) is 149 Å². The van der Waals surface area contributed by atoms with Crippen LogP contribution in [-0.2, 0) is 10.9 Å². The molecule has 0 radical (unpaired) electrons. The third kappa shape index (κ3) is 5.64. The predicted octanol–water partition coefficient (Wildman–Crippen LogP) is 3.55. The maximum atomic E-state index is 13.1. The van der Waals surface area contributed by atoms with Gasteiger partial charge in [0.25, 0.3) is 5.69 Å². The van der Waals surface area contributed by atoms with Crippen LogP contribution in [0.2, 0.25) is 0 Å². The summed E-state index contributed by atoms with van der Waals surface area (Å²) in [5.74, 6) is 0.742. The number of morpholine rings is 1. The number of hydrogen-bond donors (Lipinski definition) is 2. The van der Waals surface area contributed by atoms with Crippen LogP contribution in [0.25, 0.3) is 0 Å². The van der Waals surface area contributed by atoms with Crippen molar-refractivity contribution in [1.82, 2.24) is 15.0 Å². The fraction of sp³-hybridized carbons (Fsp3) is 0.273. The molecule has 13 nitrogen and oxygen atoms in total. The molecular formula is C22H19F3N8O5. The molecule has 16 heteroatoms. The average molecular weight is 532 g/mol. The van der Waals surface area contributed by atoms with Gasteiger partial charge in [-0.1, -0.05) is 6.07 Å². The summed E-state index contributed by atoms with van der Waals surface area (Å²) in [5, 5.41) is 18.3. The molecule has 2 aliphatic heterocycles. The van der Waals surface area contributed by atoms with Crippen LogP contribution < -0.4 is 25.1 Å². The molecular weight excluding hydrogens is 513 g/mol. The largest absolute Gasteiger partial charge is 0.454 e. The lowest BCUT2D eigenvalue weighted by atomic mass is 10.1. The molecule has 38 heavy (non-hydrogen) atoms. The Morgan fingerprint density at radius 3 is 2.53 bits per heavy atom. The van der Waals surface area contributed by atoms with E-state index >= 15 is 0 Å². The highest BCUT2D eigenvalue weighted by Gasteiger charge is 2.30. The lowest BCUT2D eigenvalue weighted by Gasteiger charge is -2.27. The second-order valence-electron chi connectivity index (χ2n) is 7.98. The molecule has 0 spiro atoms. The van der Waals surface area contributed by atoms with Gasteiger partial charge < -0.3 is 24.4 Å². The minimum Gasteiger partial charge on any atom is -0.454 e. The molecule has 2 aliphatic rings. The highest BCUT2D eigenvalue weighted by molar-refractivity contribution is 5.87. The number of alkyl halides is 3. The van der Waals surface area contributed by atoms with Crippen molar-refractivity contribution < 1.29 is 32.3 Å². The van der Waals surface area contributed by atoms with Gasteiger partial charge in [-0.15, -0.1) is 0 Å². The molecule has 5 rings (SSSR count). The number of aromatic nitrogens is 3. The fourth-order valence-electron chi connectivity index (χ4n) is 3.65. The minimum atomic E-state index is -4.52. The maximum Gasteiger partial charge on any atom is 0.416 e. The number of hydrazone groups is 1. The van der Waals surface area contributed by atoms with Crippen LogP contribution in [0.1, 0.15) is 11.1 Å². The van der Waals surface area contributed by atoms with Crippen LogP contribution in [0.15, 0.2) is 41.5 Å². The molecule has 2 N–H and O–H groups in total. The number of anilines is 4. The summed E-state index contributed by atoms with van der Waals surface area (Å²) in [6, 6.07) is 7.24. The molecule has 1 aromatic heterocycles. The minimum absolute atomic E-state index is 0.0347. The van der Waals surface area contributed by atoms with Gasteiger partial charge in [-0.25, -0.2) is 5.43 Å². The highest BCUT2D eigenvalue weighted by atomic mass is 19.4. The Hall–Kier alpha value is -4.73. The monoisotopic (exact) mass is 532 g/mol. The van der Waals surface area contributed by atoms with Gasteiger partial charge in [-0.05, 0) is 24.3 Å². The second-order valence-corrected chi connectivity index (χ2v) is 7.98. The summed E-state index contributed by atoms with van der Waals surface area (Å²) in [6.45, 7) is 1.80. The maximum absolute atomic E-state index is 13.1. The van der Waals surface area contributed by atoms with E-state index in [0.717, 1.165) is 12.1 Å². The first-order valence-electron chi connectivity index (χ1n) is 11.2. The highest BCUT2D eigenvalue weighted by Crippen LogP contribution is 2.37. The van der Waals surface area contributed by atoms with E-state index in [-0.39, 0.29) is 47.3 Å². The Balaban J connectivity index is 1.42. The Bertz CT molecular complexity index is 1380. The Kier molecular flexibility index (Phi) is 6.78. The predicted molar refractivity (Wildman–Crippen MR) is 128 cm³/mol. The zero-order valence-electron chi connectivity index (χ0n) is 19.4. The van der Waals surface area contributed by atoms with Gasteiger partial charge in [0.2, 0.25) is 24.6 Å². The van der Waals surface area contributed by atoms with Gasteiger partial charge in [0, 0.05) is 18.8 Å². The van der Waals surface area contributed by atoms with E-state index in [1.807, 2.05) is 4.90 Å². The van der Waals surface area contributed by atoms with Crippen molar-refractivity contribution in [2.45, 2.75) is 6.18 Å². The fourth-order valence-corrected chi connectivity index (χ4v) is 3.65. The summed E-state index contributed by atoms with van der Waals surface area (Å²) in [5.41, 5.74) is 1.77. The van der Waals surface area contributed by atoms with E-state index < -0.39 is 16.7 Å². The van der Waals surface area contributed by atoms with Crippen LogP contribution in [0.5, 0.6) is 11.5 Å². The molecule has 0 aliphatic carbocycles. The van der Waals surface area contributed by atoms with Crippen molar-refractivity contribution in [3.8, 4) is 11.5 Å². The number of ether oxygens (including phenoxy) is 3. The van der Waals surface area contributed by atoms with E-state index in [1.54, 1.807) is 0 Å². The molecule has 0 saturated carbocycles. The summed E-state index contributed by atoms with van der Waals surface area (Å²) in [7, 11) is 0. The number of nitro groups is 1. The van der Waals surface area contributed by atoms with E-state index in [4.69, 9.17) is 14.2 Å². The third-order valence-electron chi connectivity index (χ3n) is 5.45. The van der Waals surface area contributed by atoms with Gasteiger partial charge in [0.1, 0.15) is 0 Å². The molecule has 0 bridgehead atoms. The van der Waals surface area contributed by atoms with Gasteiger partial charge in [-0.3, -0.25) is 10.1 Å². The number of nitrogens with one attached hydrogen (secondary N) is 2. The summed E-state index contributed by atoms with van der Waals surface area (Å²) >= 11 is 0. The second kappa shape index (κ2) is 10.3. The lowest BCUT2D eigenvalue weighted by Crippen LogP contribution is -2.37. The van der Waals surface area contributed by atoms with E-state index in [0.29, 0.717) is 32.1 Å². The molecule has 2 aromatic carbocycles. The van der Waals surface area contributed by atoms with Gasteiger partial charge in [-0.2, -0.15) is 33.2 Å². The van der Waals surface area contributed by atoms with Crippen LogP contribution in [-0.4, -0.2) is 59.2 Å². The summed E-state index contributed by atoms with van der Waals surface area (Å²) in [6.07, 6.45) is -3.33. The first-order chi connectivity index (χ1) is 18.3. The molecule has 0 unspecified atom stereocenters. The first-order valence-corrected chi connectivity index (χ1v) is 11.2. The quantitative estimate of drug-likeness (QED) is 0.261. The molecule has 1 fully saturated rings. The number of nitro benzene ring substituents is 1. The van der Waals surface area contributed by atoms with Crippen molar-refractivity contribution in [2.75, 3.05) is 48.7 Å². The molecule has 0 atom stereocenters. The van der Waals surface area contributed by atoms with Gasteiger partial charge in [0.05, 0.1) is 41.5 Å². The first kappa shape index (κ1) is 24.9. The van der Waals surface area contributed by atoms with Crippen molar-refractivity contribution in [1.29, 1.82) is 0 Å². The average Bonchev–Trinajstić information content (AvgIpc) is 3.36. The molecule has 1 saturated heterocycles. The number of fused-ring (bicyclic) bond motifs is 1. The number of halogens is 3. The zero-order chi connectivity index (χ0) is 26.7. The molecule has 198 valence electrons. The normalized spacial score (nSPS) is 15.1. The summed E-state index contributed by atoms with van der Waals surface area (Å²) in [4.78, 5) is 25.6. The van der Waals surface area contributed by atoms with Crippen molar-refractivity contribution in [3.63, 3.8) is 0 Å². The van der Waals surface area contributed by atoms with Crippen molar-refractivity contribution in [2.24, 2.45) is 5.10 Å². The van der Waals surface area contributed by atoms with E-state index in [1.165, 1.54) is 30.5 Å².